The zero-order chi connectivity index (χ0) is 33.0. The Morgan fingerprint density at radius 3 is 2.12 bits per heavy atom. The molecule has 0 spiro atoms. The Bertz CT molecular complexity index is 2400. The monoisotopic (exact) mass is 634 g/mol. The number of hydrogen-bond donors (Lipinski definition) is 0. The van der Waals surface area contributed by atoms with Gasteiger partial charge in [-0.15, -0.1) is 0 Å². The Labute approximate surface area is 287 Å². The third-order valence-electron chi connectivity index (χ3n) is 10.4. The summed E-state index contributed by atoms with van der Waals surface area (Å²) in [5, 5.41) is 2.48. The summed E-state index contributed by atoms with van der Waals surface area (Å²) in [5.41, 5.74) is 12.2. The highest BCUT2D eigenvalue weighted by atomic mass is 15.4. The second kappa shape index (κ2) is 11.7. The van der Waals surface area contributed by atoms with Crippen molar-refractivity contribution in [3.63, 3.8) is 0 Å². The van der Waals surface area contributed by atoms with E-state index in [9.17, 15) is 0 Å². The maximum atomic E-state index is 4.92. The first-order valence-corrected chi connectivity index (χ1v) is 17.2. The molecule has 49 heavy (non-hydrogen) atoms. The van der Waals surface area contributed by atoms with Gasteiger partial charge >= 0.3 is 0 Å². The lowest BCUT2D eigenvalue weighted by Crippen LogP contribution is -2.29. The zero-order valence-corrected chi connectivity index (χ0v) is 27.9. The van der Waals surface area contributed by atoms with Crippen LogP contribution in [0, 0.1) is 0 Å². The maximum Gasteiger partial charge on any atom is 0.138 e. The van der Waals surface area contributed by atoms with Gasteiger partial charge in [-0.05, 0) is 89.7 Å². The molecule has 0 saturated carbocycles. The SMILES string of the molecule is CC(C)(C1=CCCC(N2CN(c3ccccc3)c3ccccc32)=C1)c1ccc2c3ccccc3n(-c3cc(-c4ccccc4)ccn3)c2c1. The fourth-order valence-electron chi connectivity index (χ4n) is 7.75. The molecule has 9 rings (SSSR count). The molecule has 5 aromatic carbocycles. The predicted molar refractivity (Wildman–Crippen MR) is 205 cm³/mol. The lowest BCUT2D eigenvalue weighted by Gasteiger charge is -2.33. The second-order valence-corrected chi connectivity index (χ2v) is 13.6. The maximum absolute atomic E-state index is 4.92. The highest BCUT2D eigenvalue weighted by molar-refractivity contribution is 6.09. The summed E-state index contributed by atoms with van der Waals surface area (Å²) in [5.74, 6) is 0.928. The Hall–Kier alpha value is -5.87. The second-order valence-electron chi connectivity index (χ2n) is 13.6. The van der Waals surface area contributed by atoms with Gasteiger partial charge in [0.05, 0.1) is 29.1 Å². The van der Waals surface area contributed by atoms with E-state index in [0.29, 0.717) is 0 Å². The number of rotatable bonds is 6. The molecule has 4 heteroatoms. The smallest absolute Gasteiger partial charge is 0.138 e. The number of fused-ring (bicyclic) bond motifs is 4. The van der Waals surface area contributed by atoms with Crippen molar-refractivity contribution in [1.82, 2.24) is 9.55 Å². The van der Waals surface area contributed by atoms with Crippen LogP contribution >= 0.6 is 0 Å². The van der Waals surface area contributed by atoms with E-state index in [-0.39, 0.29) is 5.41 Å². The van der Waals surface area contributed by atoms with Crippen LogP contribution in [0.15, 0.2) is 169 Å². The summed E-state index contributed by atoms with van der Waals surface area (Å²) in [7, 11) is 0. The van der Waals surface area contributed by atoms with Crippen LogP contribution in [-0.2, 0) is 5.41 Å². The van der Waals surface area contributed by atoms with Gasteiger partial charge in [0.2, 0.25) is 0 Å². The summed E-state index contributed by atoms with van der Waals surface area (Å²) in [6, 6.07) is 50.1. The van der Waals surface area contributed by atoms with Crippen LogP contribution in [-0.4, -0.2) is 16.2 Å². The zero-order valence-electron chi connectivity index (χ0n) is 27.9. The van der Waals surface area contributed by atoms with Crippen LogP contribution in [0.2, 0.25) is 0 Å². The predicted octanol–water partition coefficient (Wildman–Crippen LogP) is 11.3. The molecule has 1 aliphatic carbocycles. The molecule has 2 aliphatic rings. The van der Waals surface area contributed by atoms with E-state index in [1.807, 2.05) is 6.20 Å². The van der Waals surface area contributed by atoms with E-state index >= 15 is 0 Å². The van der Waals surface area contributed by atoms with Gasteiger partial charge in [-0.1, -0.05) is 111 Å². The molecule has 4 nitrogen and oxygen atoms in total. The minimum atomic E-state index is -0.210. The van der Waals surface area contributed by atoms with Crippen molar-refractivity contribution >= 4 is 38.9 Å². The lowest BCUT2D eigenvalue weighted by atomic mass is 9.75. The summed E-state index contributed by atoms with van der Waals surface area (Å²) in [6.07, 6.45) is 8.88. The average molecular weight is 635 g/mol. The molecule has 0 fully saturated rings. The van der Waals surface area contributed by atoms with Gasteiger partial charge in [0.15, 0.2) is 0 Å². The van der Waals surface area contributed by atoms with E-state index < -0.39 is 0 Å². The quantitative estimate of drug-likeness (QED) is 0.182. The third-order valence-corrected chi connectivity index (χ3v) is 10.4. The average Bonchev–Trinajstić information content (AvgIpc) is 3.72. The number of anilines is 3. The molecule has 0 unspecified atom stereocenters. The number of benzene rings is 5. The van der Waals surface area contributed by atoms with Crippen LogP contribution in [0.25, 0.3) is 38.8 Å². The molecule has 7 aromatic rings. The van der Waals surface area contributed by atoms with Crippen LogP contribution in [0.4, 0.5) is 17.1 Å². The topological polar surface area (TPSA) is 24.3 Å². The Morgan fingerprint density at radius 2 is 1.31 bits per heavy atom. The largest absolute Gasteiger partial charge is 0.325 e. The molecule has 0 bridgehead atoms. The normalized spacial score (nSPS) is 14.7. The molecular formula is C45H38N4. The van der Waals surface area contributed by atoms with Crippen molar-refractivity contribution < 1.29 is 0 Å². The first kappa shape index (κ1) is 29.3. The van der Waals surface area contributed by atoms with Crippen molar-refractivity contribution in [3.8, 4) is 16.9 Å². The van der Waals surface area contributed by atoms with Gasteiger partial charge in [-0.3, -0.25) is 4.57 Å². The molecule has 0 radical (unpaired) electrons. The molecule has 0 N–H and O–H groups in total. The molecule has 2 aromatic heterocycles. The van der Waals surface area contributed by atoms with Gasteiger partial charge < -0.3 is 9.80 Å². The number of pyridine rings is 1. The van der Waals surface area contributed by atoms with Gasteiger partial charge in [-0.2, -0.15) is 0 Å². The summed E-state index contributed by atoms with van der Waals surface area (Å²) in [6.45, 7) is 5.55. The summed E-state index contributed by atoms with van der Waals surface area (Å²) in [4.78, 5) is 9.86. The first-order valence-electron chi connectivity index (χ1n) is 17.2. The van der Waals surface area contributed by atoms with Crippen LogP contribution < -0.4 is 9.80 Å². The van der Waals surface area contributed by atoms with Gasteiger partial charge in [0.1, 0.15) is 5.82 Å². The third kappa shape index (κ3) is 4.95. The summed E-state index contributed by atoms with van der Waals surface area (Å²) < 4.78 is 2.34. The molecule has 0 atom stereocenters. The van der Waals surface area contributed by atoms with Crippen LogP contribution in [0.5, 0.6) is 0 Å². The number of aromatic nitrogens is 2. The standard InChI is InChI=1S/C45H38N4/c1-45(2,34-16-13-19-37(29-34)48-31-47(36-17-7-4-8-18-36)41-22-11-12-23-42(41)48)35-24-25-39-38-20-9-10-21-40(38)49(43(39)30-35)44-28-33(26-27-46-44)32-14-5-3-6-15-32/h3-12,14-18,20-30H,13,19,31H2,1-2H3. The fourth-order valence-corrected chi connectivity index (χ4v) is 7.75. The highest BCUT2D eigenvalue weighted by Gasteiger charge is 2.32. The number of hydrogen-bond acceptors (Lipinski definition) is 3. The molecule has 0 saturated heterocycles. The van der Waals surface area contributed by atoms with Crippen molar-refractivity contribution in [2.24, 2.45) is 0 Å². The van der Waals surface area contributed by atoms with Crippen molar-refractivity contribution in [2.75, 3.05) is 16.5 Å². The number of allylic oxidation sites excluding steroid dienone is 4. The number of nitrogens with zero attached hydrogens (tertiary/aromatic N) is 4. The van der Waals surface area contributed by atoms with Crippen LogP contribution in [0.1, 0.15) is 32.3 Å². The molecule has 0 amide bonds. The Balaban J connectivity index is 1.12. The van der Waals surface area contributed by atoms with Crippen molar-refractivity contribution in [1.29, 1.82) is 0 Å². The van der Waals surface area contributed by atoms with E-state index in [0.717, 1.165) is 30.9 Å². The molecule has 238 valence electrons. The summed E-state index contributed by atoms with van der Waals surface area (Å²) >= 11 is 0. The van der Waals surface area contributed by atoms with Crippen molar-refractivity contribution in [3.05, 3.63) is 175 Å². The highest BCUT2D eigenvalue weighted by Crippen LogP contribution is 2.45. The van der Waals surface area contributed by atoms with Gasteiger partial charge in [-0.25, -0.2) is 4.98 Å². The molecule has 3 heterocycles. The Kier molecular flexibility index (Phi) is 6.98. The van der Waals surface area contributed by atoms with E-state index in [1.54, 1.807) is 0 Å². The van der Waals surface area contributed by atoms with E-state index in [2.05, 4.69) is 180 Å². The fraction of sp³-hybridized carbons (Fsp3) is 0.133. The molecular weight excluding hydrogens is 597 g/mol. The lowest BCUT2D eigenvalue weighted by molar-refractivity contribution is 0.626. The van der Waals surface area contributed by atoms with E-state index in [4.69, 9.17) is 4.98 Å². The minimum Gasteiger partial charge on any atom is -0.325 e. The van der Waals surface area contributed by atoms with E-state index in [1.165, 1.54) is 61.3 Å². The number of para-hydroxylation sites is 4. The Morgan fingerprint density at radius 1 is 0.612 bits per heavy atom. The van der Waals surface area contributed by atoms with Gasteiger partial charge in [0, 0.05) is 33.8 Å². The first-order chi connectivity index (χ1) is 24.1. The van der Waals surface area contributed by atoms with Gasteiger partial charge in [0.25, 0.3) is 0 Å². The van der Waals surface area contributed by atoms with Crippen LogP contribution in [0.3, 0.4) is 0 Å². The minimum absolute atomic E-state index is 0.210. The molecule has 1 aliphatic heterocycles. The van der Waals surface area contributed by atoms with Crippen molar-refractivity contribution in [2.45, 2.75) is 32.1 Å².